The van der Waals surface area contributed by atoms with Crippen molar-refractivity contribution in [1.29, 1.82) is 0 Å². The highest BCUT2D eigenvalue weighted by Gasteiger charge is 2.11. The second-order valence-electron chi connectivity index (χ2n) is 4.50. The largest absolute Gasteiger partial charge is 0.355 e. The molecule has 1 aromatic carbocycles. The first-order chi connectivity index (χ1) is 10.0. The molecule has 0 radical (unpaired) electrons. The highest BCUT2D eigenvalue weighted by atomic mass is 16.2. The summed E-state index contributed by atoms with van der Waals surface area (Å²) in [6, 6.07) is 7.75. The maximum Gasteiger partial charge on any atom is 0.255 e. The number of anilines is 1. The van der Waals surface area contributed by atoms with Crippen LogP contribution in [0.4, 0.5) is 5.69 Å². The van der Waals surface area contributed by atoms with Gasteiger partial charge in [0.25, 0.3) is 11.8 Å². The lowest BCUT2D eigenvalue weighted by Crippen LogP contribution is -2.19. The zero-order valence-electron chi connectivity index (χ0n) is 11.7. The molecule has 2 aromatic rings. The lowest BCUT2D eigenvalue weighted by molar-refractivity contribution is 0.0961. The van der Waals surface area contributed by atoms with Crippen molar-refractivity contribution in [2.75, 3.05) is 12.4 Å². The Morgan fingerprint density at radius 1 is 1.05 bits per heavy atom. The molecule has 0 fully saturated rings. The number of carbonyl (C=O) groups is 2. The van der Waals surface area contributed by atoms with Crippen molar-refractivity contribution in [2.24, 2.45) is 0 Å². The van der Waals surface area contributed by atoms with Gasteiger partial charge in [-0.2, -0.15) is 0 Å². The maximum absolute atomic E-state index is 12.1. The van der Waals surface area contributed by atoms with Crippen LogP contribution in [0.5, 0.6) is 0 Å². The molecule has 0 saturated carbocycles. The summed E-state index contributed by atoms with van der Waals surface area (Å²) in [6.07, 6.45) is 1.41. The predicted octanol–water partition coefficient (Wildman–Crippen LogP) is 1.30. The smallest absolute Gasteiger partial charge is 0.255 e. The zero-order chi connectivity index (χ0) is 15.4. The first-order valence-electron chi connectivity index (χ1n) is 6.34. The third kappa shape index (κ3) is 3.36. The summed E-state index contributed by atoms with van der Waals surface area (Å²) in [5.41, 5.74) is 1.70. The van der Waals surface area contributed by atoms with Gasteiger partial charge in [-0.15, -0.1) is 0 Å². The van der Waals surface area contributed by atoms with Gasteiger partial charge in [0.2, 0.25) is 5.56 Å². The van der Waals surface area contributed by atoms with Crippen LogP contribution in [0.3, 0.4) is 0 Å². The number of aryl methyl sites for hydroxylation is 1. The van der Waals surface area contributed by atoms with Gasteiger partial charge in [0.05, 0.1) is 0 Å². The molecule has 0 atom stereocenters. The van der Waals surface area contributed by atoms with E-state index in [1.54, 1.807) is 18.2 Å². The number of aromatic amines is 1. The van der Waals surface area contributed by atoms with Gasteiger partial charge >= 0.3 is 0 Å². The Labute approximate surface area is 121 Å². The molecule has 0 saturated heterocycles. The molecule has 6 heteroatoms. The molecular weight excluding hydrogens is 270 g/mol. The maximum atomic E-state index is 12.1. The summed E-state index contributed by atoms with van der Waals surface area (Å²) in [6.45, 7) is 1.82. The lowest BCUT2D eigenvalue weighted by atomic mass is 10.1. The van der Waals surface area contributed by atoms with Gasteiger partial charge in [0.15, 0.2) is 0 Å². The number of rotatable bonds is 3. The Hall–Kier alpha value is -2.89. The lowest BCUT2D eigenvalue weighted by Gasteiger charge is -2.10. The number of amides is 2. The Balaban J connectivity index is 2.28. The highest BCUT2D eigenvalue weighted by molar-refractivity contribution is 6.05. The van der Waals surface area contributed by atoms with Crippen LogP contribution in [0.1, 0.15) is 26.3 Å². The molecule has 0 spiro atoms. The molecule has 3 N–H and O–H groups in total. The van der Waals surface area contributed by atoms with Crippen LogP contribution in [-0.2, 0) is 0 Å². The van der Waals surface area contributed by atoms with Crippen LogP contribution >= 0.6 is 0 Å². The first-order valence-corrected chi connectivity index (χ1v) is 6.34. The molecule has 1 aromatic heterocycles. The topological polar surface area (TPSA) is 91.1 Å². The fourth-order valence-corrected chi connectivity index (χ4v) is 1.82. The van der Waals surface area contributed by atoms with E-state index >= 15 is 0 Å². The third-order valence-electron chi connectivity index (χ3n) is 3.01. The van der Waals surface area contributed by atoms with Crippen molar-refractivity contribution in [3.8, 4) is 0 Å². The molecule has 2 rings (SSSR count). The number of hydrogen-bond donors (Lipinski definition) is 3. The number of carbonyl (C=O) groups excluding carboxylic acids is 2. The van der Waals surface area contributed by atoms with Gasteiger partial charge in [0, 0.05) is 36.1 Å². The Morgan fingerprint density at radius 2 is 1.76 bits per heavy atom. The number of hydrogen-bond acceptors (Lipinski definition) is 3. The van der Waals surface area contributed by atoms with E-state index in [4.69, 9.17) is 0 Å². The third-order valence-corrected chi connectivity index (χ3v) is 3.01. The summed E-state index contributed by atoms with van der Waals surface area (Å²) in [5, 5.41) is 5.22. The average molecular weight is 285 g/mol. The van der Waals surface area contributed by atoms with Crippen molar-refractivity contribution in [2.45, 2.75) is 6.92 Å². The standard InChI is InChI=1S/C15H15N3O3/c1-9-3-4-10(14(20)16-2)7-12(9)18-15(21)11-5-6-17-13(19)8-11/h3-8H,1-2H3,(H,16,20)(H,17,19)(H,18,21). The molecule has 108 valence electrons. The van der Waals surface area contributed by atoms with Gasteiger partial charge < -0.3 is 15.6 Å². The van der Waals surface area contributed by atoms with E-state index < -0.39 is 5.91 Å². The highest BCUT2D eigenvalue weighted by Crippen LogP contribution is 2.17. The quantitative estimate of drug-likeness (QED) is 0.793. The van der Waals surface area contributed by atoms with Crippen LogP contribution in [0.15, 0.2) is 41.3 Å². The molecular formula is C15H15N3O3. The van der Waals surface area contributed by atoms with E-state index in [0.717, 1.165) is 5.56 Å². The van der Waals surface area contributed by atoms with Crippen molar-refractivity contribution in [3.63, 3.8) is 0 Å². The molecule has 21 heavy (non-hydrogen) atoms. The monoisotopic (exact) mass is 285 g/mol. The number of H-pyrrole nitrogens is 1. The van der Waals surface area contributed by atoms with Crippen molar-refractivity contribution in [1.82, 2.24) is 10.3 Å². The minimum absolute atomic E-state index is 0.235. The van der Waals surface area contributed by atoms with Crippen molar-refractivity contribution in [3.05, 3.63) is 63.6 Å². The molecule has 0 bridgehead atoms. The SMILES string of the molecule is CNC(=O)c1ccc(C)c(NC(=O)c2cc[nH]c(=O)c2)c1. The number of nitrogens with one attached hydrogen (secondary N) is 3. The summed E-state index contributed by atoms with van der Waals surface area (Å²) >= 11 is 0. The Morgan fingerprint density at radius 3 is 2.43 bits per heavy atom. The Kier molecular flexibility index (Phi) is 4.18. The average Bonchev–Trinajstić information content (AvgIpc) is 2.48. The normalized spacial score (nSPS) is 10.0. The molecule has 1 heterocycles. The summed E-state index contributed by atoms with van der Waals surface area (Å²) in [7, 11) is 1.54. The van der Waals surface area contributed by atoms with Crippen LogP contribution in [0.25, 0.3) is 0 Å². The van der Waals surface area contributed by atoms with E-state index in [2.05, 4.69) is 15.6 Å². The molecule has 0 aliphatic heterocycles. The molecule has 6 nitrogen and oxygen atoms in total. The molecule has 0 aliphatic carbocycles. The van der Waals surface area contributed by atoms with Crippen molar-refractivity contribution >= 4 is 17.5 Å². The minimum Gasteiger partial charge on any atom is -0.355 e. The van der Waals surface area contributed by atoms with Crippen molar-refractivity contribution < 1.29 is 9.59 Å². The number of pyridine rings is 1. The summed E-state index contributed by atoms with van der Waals surface area (Å²) in [5.74, 6) is -0.639. The molecule has 0 aliphatic rings. The van der Waals surface area contributed by atoms with Crippen LogP contribution in [0, 0.1) is 6.92 Å². The minimum atomic E-state index is -0.404. The fraction of sp³-hybridized carbons (Fsp3) is 0.133. The van der Waals surface area contributed by atoms with Crippen LogP contribution < -0.4 is 16.2 Å². The summed E-state index contributed by atoms with van der Waals surface area (Å²) in [4.78, 5) is 37.4. The van der Waals surface area contributed by atoms with Gasteiger partial charge in [-0.1, -0.05) is 6.07 Å². The van der Waals surface area contributed by atoms with Gasteiger partial charge in [0.1, 0.15) is 0 Å². The van der Waals surface area contributed by atoms with Gasteiger partial charge in [-0.25, -0.2) is 0 Å². The van der Waals surface area contributed by atoms with Gasteiger partial charge in [-0.05, 0) is 30.7 Å². The van der Waals surface area contributed by atoms with E-state index in [9.17, 15) is 14.4 Å². The second-order valence-corrected chi connectivity index (χ2v) is 4.50. The van der Waals surface area contributed by atoms with Gasteiger partial charge in [-0.3, -0.25) is 14.4 Å². The fourth-order valence-electron chi connectivity index (χ4n) is 1.82. The van der Waals surface area contributed by atoms with E-state index in [0.29, 0.717) is 11.3 Å². The van der Waals surface area contributed by atoms with E-state index in [-0.39, 0.29) is 17.0 Å². The van der Waals surface area contributed by atoms with Crippen LogP contribution in [-0.4, -0.2) is 23.8 Å². The Bertz CT molecular complexity index is 750. The van der Waals surface area contributed by atoms with E-state index in [1.807, 2.05) is 6.92 Å². The second kappa shape index (κ2) is 6.04. The molecule has 2 amide bonds. The summed E-state index contributed by atoms with van der Waals surface area (Å²) < 4.78 is 0. The van der Waals surface area contributed by atoms with Crippen LogP contribution in [0.2, 0.25) is 0 Å². The zero-order valence-corrected chi connectivity index (χ0v) is 11.7. The first kappa shape index (κ1) is 14.5. The number of benzene rings is 1. The van der Waals surface area contributed by atoms with E-state index in [1.165, 1.54) is 25.4 Å². The predicted molar refractivity (Wildman–Crippen MR) is 79.6 cm³/mol. The molecule has 0 unspecified atom stereocenters. The number of aromatic nitrogens is 1.